The third-order valence-electron chi connectivity index (χ3n) is 14.1. The van der Waals surface area contributed by atoms with Gasteiger partial charge in [-0.2, -0.15) is 0 Å². The Hall–Kier alpha value is -3.28. The van der Waals surface area contributed by atoms with E-state index in [9.17, 15) is 0 Å². The molecule has 2 saturated heterocycles. The zero-order valence-corrected chi connectivity index (χ0v) is 38.4. The van der Waals surface area contributed by atoms with Crippen molar-refractivity contribution in [3.8, 4) is 0 Å². The zero-order chi connectivity index (χ0) is 42.2. The van der Waals surface area contributed by atoms with Crippen LogP contribution < -0.4 is 0 Å². The molecule has 0 radical (unpaired) electrons. The second-order valence-electron chi connectivity index (χ2n) is 17.0. The average molecular weight is 789 g/mol. The number of hydrogen-bond donors (Lipinski definition) is 0. The fourth-order valence-corrected chi connectivity index (χ4v) is 9.87. The molecule has 0 bridgehead atoms. The molecular formula is C54H76O4. The van der Waals surface area contributed by atoms with E-state index in [1.165, 1.54) is 50.1 Å². The van der Waals surface area contributed by atoms with Crippen LogP contribution in [-0.4, -0.2) is 12.2 Å². The minimum atomic E-state index is -0.579. The molecule has 0 aliphatic carbocycles. The van der Waals surface area contributed by atoms with E-state index < -0.39 is 11.6 Å². The van der Waals surface area contributed by atoms with Crippen molar-refractivity contribution in [3.05, 3.63) is 141 Å². The lowest BCUT2D eigenvalue weighted by Crippen LogP contribution is -2.51. The van der Waals surface area contributed by atoms with Crippen molar-refractivity contribution in [3.63, 3.8) is 0 Å². The summed E-state index contributed by atoms with van der Waals surface area (Å²) in [6.07, 6.45) is 5.55. The number of rotatable bonds is 7. The third kappa shape index (κ3) is 9.07. The fraction of sp³-hybridized carbons (Fsp3) is 0.556. The minimum absolute atomic E-state index is 0.252. The zero-order valence-electron chi connectivity index (χ0n) is 38.4. The topological polar surface area (TPSA) is 36.9 Å². The Morgan fingerprint density at radius 3 is 1.24 bits per heavy atom. The van der Waals surface area contributed by atoms with Crippen LogP contribution in [0, 0.1) is 35.5 Å². The van der Waals surface area contributed by atoms with Crippen molar-refractivity contribution in [1.82, 2.24) is 0 Å². The van der Waals surface area contributed by atoms with E-state index >= 15 is 0 Å². The molecule has 2 spiro atoms. The lowest BCUT2D eigenvalue weighted by molar-refractivity contribution is -0.332. The summed E-state index contributed by atoms with van der Waals surface area (Å²) in [5, 5.41) is 0. The van der Waals surface area contributed by atoms with Crippen LogP contribution in [0.3, 0.4) is 0 Å². The lowest BCUT2D eigenvalue weighted by Gasteiger charge is -2.49. The van der Waals surface area contributed by atoms with Crippen LogP contribution in [-0.2, 0) is 63.0 Å². The molecule has 0 N–H and O–H groups in total. The molecule has 4 aliphatic heterocycles. The molecule has 0 saturated carbocycles. The predicted octanol–water partition coefficient (Wildman–Crippen LogP) is 14.0. The summed E-state index contributed by atoms with van der Waals surface area (Å²) >= 11 is 0. The van der Waals surface area contributed by atoms with Gasteiger partial charge in [0.05, 0.1) is 25.4 Å². The molecule has 10 unspecified atom stereocenters. The summed E-state index contributed by atoms with van der Waals surface area (Å²) in [7, 11) is 0. The molecule has 0 amide bonds. The van der Waals surface area contributed by atoms with E-state index in [1.54, 1.807) is 0 Å². The molecular weight excluding hydrogens is 713 g/mol. The van der Waals surface area contributed by atoms with E-state index in [-0.39, 0.29) is 12.2 Å². The van der Waals surface area contributed by atoms with Crippen LogP contribution in [0.25, 0.3) is 0 Å². The highest BCUT2D eigenvalue weighted by molar-refractivity contribution is 5.42. The van der Waals surface area contributed by atoms with Crippen LogP contribution in [0.4, 0.5) is 0 Å². The maximum Gasteiger partial charge on any atom is 0.198 e. The van der Waals surface area contributed by atoms with Gasteiger partial charge >= 0.3 is 0 Å². The summed E-state index contributed by atoms with van der Waals surface area (Å²) in [5.74, 6) is 1.77. The third-order valence-corrected chi connectivity index (χ3v) is 14.1. The summed E-state index contributed by atoms with van der Waals surface area (Å²) in [4.78, 5) is 0. The van der Waals surface area contributed by atoms with Crippen molar-refractivity contribution >= 4 is 0 Å². The van der Waals surface area contributed by atoms with Gasteiger partial charge in [0.25, 0.3) is 0 Å². The Labute approximate surface area is 353 Å². The van der Waals surface area contributed by atoms with Gasteiger partial charge in [0.15, 0.2) is 11.6 Å². The first-order valence-corrected chi connectivity index (χ1v) is 23.0. The Morgan fingerprint density at radius 1 is 0.466 bits per heavy atom. The summed E-state index contributed by atoms with van der Waals surface area (Å²) in [6.45, 7) is 29.9. The summed E-state index contributed by atoms with van der Waals surface area (Å²) in [6, 6.07) is 33.3. The molecule has 10 atom stereocenters. The maximum atomic E-state index is 6.72. The first-order valence-electron chi connectivity index (χ1n) is 23.0. The molecule has 4 heteroatoms. The SMILES string of the molecule is CC.CC.CCC1OC2(OCc3ccc(Cc4ccccc4)cc32)C(C)C(C)C1C.CCc1ccc(Cc2ccc3c(c2)C2(OC3)OC(CC)C(C)C(C)C2C)cc1. The van der Waals surface area contributed by atoms with Gasteiger partial charge in [-0.25, -0.2) is 0 Å². The highest BCUT2D eigenvalue weighted by Gasteiger charge is 2.55. The van der Waals surface area contributed by atoms with E-state index in [4.69, 9.17) is 18.9 Å². The molecule has 2 fully saturated rings. The minimum Gasteiger partial charge on any atom is -0.342 e. The van der Waals surface area contributed by atoms with Gasteiger partial charge in [-0.05, 0) is 107 Å². The van der Waals surface area contributed by atoms with Crippen molar-refractivity contribution in [2.24, 2.45) is 35.5 Å². The van der Waals surface area contributed by atoms with Crippen LogP contribution in [0.5, 0.6) is 0 Å². The number of benzene rings is 4. The second-order valence-corrected chi connectivity index (χ2v) is 17.0. The largest absolute Gasteiger partial charge is 0.342 e. The van der Waals surface area contributed by atoms with Gasteiger partial charge in [0.1, 0.15) is 0 Å². The summed E-state index contributed by atoms with van der Waals surface area (Å²) in [5.41, 5.74) is 11.8. The van der Waals surface area contributed by atoms with Gasteiger partial charge in [-0.1, -0.05) is 169 Å². The van der Waals surface area contributed by atoms with Crippen molar-refractivity contribution in [1.29, 1.82) is 0 Å². The number of fused-ring (bicyclic) bond motifs is 4. The average Bonchev–Trinajstić information content (AvgIpc) is 3.82. The smallest absolute Gasteiger partial charge is 0.198 e. The van der Waals surface area contributed by atoms with Crippen molar-refractivity contribution in [2.75, 3.05) is 0 Å². The van der Waals surface area contributed by atoms with Crippen LogP contribution >= 0.6 is 0 Å². The Bertz CT molecular complexity index is 1860. The predicted molar refractivity (Wildman–Crippen MR) is 242 cm³/mol. The van der Waals surface area contributed by atoms with Crippen LogP contribution in [0.15, 0.2) is 91.0 Å². The van der Waals surface area contributed by atoms with Gasteiger partial charge in [0.2, 0.25) is 0 Å². The first kappa shape index (κ1) is 45.8. The first-order chi connectivity index (χ1) is 28.0. The number of hydrogen-bond acceptors (Lipinski definition) is 4. The normalized spacial score (nSPS) is 30.6. The molecule has 4 aromatic carbocycles. The molecule has 0 aromatic heterocycles. The molecule has 8 rings (SSSR count). The van der Waals surface area contributed by atoms with Crippen LogP contribution in [0.1, 0.15) is 153 Å². The monoisotopic (exact) mass is 789 g/mol. The standard InChI is InChI=1S/C26H34O2.C24H30O2.2C2H6/c1-6-20-8-10-21(11-9-20)14-22-12-13-23-16-27-26(24(23)15-22)19(5)17(3)18(4)25(7-2)28-26;1-5-23-17(3)16(2)18(4)24(26-23)22-14-20(11-12-21(22)15-25-24)13-19-9-7-6-8-10-19;2*1-2/h8-13,15,17-19,25H,6-7,14,16H2,1-5H3;6-12,14,16-18,23H,5,13,15H2,1-4H3;2*1-2H3. The Kier molecular flexibility index (Phi) is 16.0. The second kappa shape index (κ2) is 20.3. The molecule has 4 aliphatic rings. The Balaban J connectivity index is 0.000000204. The molecule has 58 heavy (non-hydrogen) atoms. The van der Waals surface area contributed by atoms with Gasteiger partial charge in [-0.15, -0.1) is 0 Å². The lowest BCUT2D eigenvalue weighted by atomic mass is 9.72. The number of aryl methyl sites for hydroxylation is 1. The molecule has 4 aromatic rings. The Morgan fingerprint density at radius 2 is 0.845 bits per heavy atom. The van der Waals surface area contributed by atoms with Crippen LogP contribution in [0.2, 0.25) is 0 Å². The molecule has 4 nitrogen and oxygen atoms in total. The van der Waals surface area contributed by atoms with E-state index in [1.807, 2.05) is 27.7 Å². The van der Waals surface area contributed by atoms with E-state index in [0.717, 1.165) is 32.1 Å². The highest BCUT2D eigenvalue weighted by Crippen LogP contribution is 2.54. The quantitative estimate of drug-likeness (QED) is 0.187. The maximum absolute atomic E-state index is 6.72. The van der Waals surface area contributed by atoms with E-state index in [0.29, 0.717) is 48.7 Å². The molecule has 316 valence electrons. The van der Waals surface area contributed by atoms with Gasteiger partial charge in [0, 0.05) is 23.0 Å². The summed E-state index contributed by atoms with van der Waals surface area (Å²) < 4.78 is 26.2. The van der Waals surface area contributed by atoms with Crippen molar-refractivity contribution < 1.29 is 18.9 Å². The highest BCUT2D eigenvalue weighted by atomic mass is 16.7. The number of ether oxygens (including phenoxy) is 4. The fourth-order valence-electron chi connectivity index (χ4n) is 9.87. The van der Waals surface area contributed by atoms with E-state index in [2.05, 4.69) is 153 Å². The molecule has 4 heterocycles. The van der Waals surface area contributed by atoms with Gasteiger partial charge in [-0.3, -0.25) is 0 Å². The van der Waals surface area contributed by atoms with Gasteiger partial charge < -0.3 is 18.9 Å². The van der Waals surface area contributed by atoms with Crippen molar-refractivity contribution in [2.45, 2.75) is 159 Å².